The highest BCUT2D eigenvalue weighted by atomic mass is 16.4. The molecule has 4 nitrogen and oxygen atoms in total. The number of rotatable bonds is 4. The fourth-order valence-electron chi connectivity index (χ4n) is 1.28. The molecule has 0 heterocycles. The lowest BCUT2D eigenvalue weighted by molar-refractivity contribution is -0.131. The lowest BCUT2D eigenvalue weighted by Gasteiger charge is -2.06. The molecule has 0 saturated carbocycles. The number of hydrogen-bond acceptors (Lipinski definition) is 2. The van der Waals surface area contributed by atoms with Gasteiger partial charge in [0.05, 0.1) is 0 Å². The number of carbonyl (C=O) groups is 2. The van der Waals surface area contributed by atoms with E-state index in [9.17, 15) is 9.59 Å². The quantitative estimate of drug-likeness (QED) is 0.785. The van der Waals surface area contributed by atoms with Crippen molar-refractivity contribution in [3.63, 3.8) is 0 Å². The average Bonchev–Trinajstić information content (AvgIpc) is 2.27. The number of hydrogen-bond donors (Lipinski definition) is 2. The molecule has 2 N–H and O–H groups in total. The van der Waals surface area contributed by atoms with E-state index in [2.05, 4.69) is 19.2 Å². The Balaban J connectivity index is 2.63. The van der Waals surface area contributed by atoms with E-state index in [1.165, 1.54) is 5.56 Å². The molecule has 0 radical (unpaired) electrons. The minimum atomic E-state index is -1.14. The molecule has 17 heavy (non-hydrogen) atoms. The Labute approximate surface area is 100.0 Å². The summed E-state index contributed by atoms with van der Waals surface area (Å²) in [5, 5.41) is 10.9. The van der Waals surface area contributed by atoms with Crippen molar-refractivity contribution in [3.05, 3.63) is 42.0 Å². The summed E-state index contributed by atoms with van der Waals surface area (Å²) in [5.41, 5.74) is 1.83. The van der Waals surface area contributed by atoms with Gasteiger partial charge in [-0.1, -0.05) is 26.0 Å². The molecule has 0 aromatic heterocycles. The number of carboxylic acids is 1. The van der Waals surface area contributed by atoms with Crippen LogP contribution in [-0.4, -0.2) is 17.0 Å². The maximum Gasteiger partial charge on any atom is 0.328 e. The molecular weight excluding hydrogens is 218 g/mol. The number of benzene rings is 1. The third-order valence-corrected chi connectivity index (χ3v) is 2.22. The van der Waals surface area contributed by atoms with Crippen molar-refractivity contribution >= 4 is 17.6 Å². The van der Waals surface area contributed by atoms with Gasteiger partial charge in [-0.3, -0.25) is 4.79 Å². The first-order valence-corrected chi connectivity index (χ1v) is 5.31. The molecule has 90 valence electrons. The lowest BCUT2D eigenvalue weighted by Crippen LogP contribution is -2.08. The smallest absolute Gasteiger partial charge is 0.328 e. The summed E-state index contributed by atoms with van der Waals surface area (Å²) in [7, 11) is 0. The molecule has 4 heteroatoms. The number of carboxylic acid groups (broad SMARTS) is 1. The van der Waals surface area contributed by atoms with Crippen molar-refractivity contribution in [2.75, 3.05) is 5.32 Å². The Hall–Kier alpha value is -2.10. The molecule has 1 amide bonds. The monoisotopic (exact) mass is 233 g/mol. The Morgan fingerprint density at radius 3 is 2.24 bits per heavy atom. The predicted molar refractivity (Wildman–Crippen MR) is 65.9 cm³/mol. The summed E-state index contributed by atoms with van der Waals surface area (Å²) in [4.78, 5) is 21.5. The van der Waals surface area contributed by atoms with Crippen molar-refractivity contribution < 1.29 is 14.7 Å². The first kappa shape index (κ1) is 13.0. The zero-order valence-corrected chi connectivity index (χ0v) is 9.81. The number of amides is 1. The number of nitrogens with one attached hydrogen (secondary N) is 1. The van der Waals surface area contributed by atoms with Crippen LogP contribution in [0.1, 0.15) is 25.3 Å². The number of carbonyl (C=O) groups excluding carboxylic acids is 1. The number of aliphatic carboxylic acids is 1. The van der Waals surface area contributed by atoms with Crippen LogP contribution in [0.15, 0.2) is 36.4 Å². The zero-order valence-electron chi connectivity index (χ0n) is 9.81. The molecule has 1 rings (SSSR count). The molecular formula is C13H15NO3. The van der Waals surface area contributed by atoms with Gasteiger partial charge in [0.25, 0.3) is 0 Å². The Morgan fingerprint density at radius 1 is 1.18 bits per heavy atom. The van der Waals surface area contributed by atoms with E-state index >= 15 is 0 Å². The second kappa shape index (κ2) is 5.84. The van der Waals surface area contributed by atoms with Crippen LogP contribution in [0, 0.1) is 0 Å². The van der Waals surface area contributed by atoms with Crippen LogP contribution in [0.4, 0.5) is 5.69 Å². The molecule has 0 spiro atoms. The normalized spacial score (nSPS) is 10.8. The van der Waals surface area contributed by atoms with E-state index in [0.717, 1.165) is 12.2 Å². The second-order valence-corrected chi connectivity index (χ2v) is 3.94. The maximum atomic E-state index is 11.3. The summed E-state index contributed by atoms with van der Waals surface area (Å²) in [6.45, 7) is 4.17. The van der Waals surface area contributed by atoms with Gasteiger partial charge in [-0.25, -0.2) is 4.79 Å². The minimum Gasteiger partial charge on any atom is -0.478 e. The molecule has 1 aromatic carbocycles. The highest BCUT2D eigenvalue weighted by Gasteiger charge is 2.01. The molecule has 0 aliphatic rings. The Kier molecular flexibility index (Phi) is 4.46. The van der Waals surface area contributed by atoms with Crippen LogP contribution < -0.4 is 5.32 Å². The molecule has 1 aromatic rings. The highest BCUT2D eigenvalue weighted by Crippen LogP contribution is 2.16. The van der Waals surface area contributed by atoms with Crippen LogP contribution in [-0.2, 0) is 9.59 Å². The van der Waals surface area contributed by atoms with E-state index < -0.39 is 11.9 Å². The van der Waals surface area contributed by atoms with Gasteiger partial charge in [-0.15, -0.1) is 0 Å². The van der Waals surface area contributed by atoms with E-state index in [0.29, 0.717) is 11.6 Å². The van der Waals surface area contributed by atoms with Gasteiger partial charge >= 0.3 is 5.97 Å². The van der Waals surface area contributed by atoms with E-state index in [1.54, 1.807) is 12.1 Å². The van der Waals surface area contributed by atoms with Gasteiger partial charge in [0.1, 0.15) is 0 Å². The van der Waals surface area contributed by atoms with Crippen molar-refractivity contribution in [2.24, 2.45) is 0 Å². The largest absolute Gasteiger partial charge is 0.478 e. The van der Waals surface area contributed by atoms with Crippen LogP contribution >= 0.6 is 0 Å². The topological polar surface area (TPSA) is 66.4 Å². The van der Waals surface area contributed by atoms with Gasteiger partial charge in [0.2, 0.25) is 5.91 Å². The van der Waals surface area contributed by atoms with Crippen LogP contribution in [0.2, 0.25) is 0 Å². The van der Waals surface area contributed by atoms with Gasteiger partial charge in [0.15, 0.2) is 0 Å². The SMILES string of the molecule is CC(C)c1ccc(NC(=O)C=CC(=O)O)cc1. The summed E-state index contributed by atoms with van der Waals surface area (Å²) >= 11 is 0. The van der Waals surface area contributed by atoms with Crippen molar-refractivity contribution in [3.8, 4) is 0 Å². The number of anilines is 1. The molecule has 0 fully saturated rings. The van der Waals surface area contributed by atoms with Crippen molar-refractivity contribution in [2.45, 2.75) is 19.8 Å². The van der Waals surface area contributed by atoms with Crippen LogP contribution in [0.5, 0.6) is 0 Å². The zero-order chi connectivity index (χ0) is 12.8. The van der Waals surface area contributed by atoms with Gasteiger partial charge in [-0.2, -0.15) is 0 Å². The van der Waals surface area contributed by atoms with E-state index in [4.69, 9.17) is 5.11 Å². The first-order valence-electron chi connectivity index (χ1n) is 5.31. The highest BCUT2D eigenvalue weighted by molar-refractivity contribution is 6.02. The van der Waals surface area contributed by atoms with Gasteiger partial charge in [-0.05, 0) is 23.6 Å². The molecule has 0 unspecified atom stereocenters. The van der Waals surface area contributed by atoms with Crippen LogP contribution in [0.25, 0.3) is 0 Å². The maximum absolute atomic E-state index is 11.3. The van der Waals surface area contributed by atoms with Gasteiger partial charge in [0, 0.05) is 17.8 Å². The van der Waals surface area contributed by atoms with Crippen molar-refractivity contribution in [1.29, 1.82) is 0 Å². The third kappa shape index (κ3) is 4.51. The summed E-state index contributed by atoms with van der Waals surface area (Å²) in [6, 6.07) is 7.45. The summed E-state index contributed by atoms with van der Waals surface area (Å²) in [6.07, 6.45) is 1.79. The Morgan fingerprint density at radius 2 is 1.76 bits per heavy atom. The molecule has 0 atom stereocenters. The van der Waals surface area contributed by atoms with Gasteiger partial charge < -0.3 is 10.4 Å². The fraction of sp³-hybridized carbons (Fsp3) is 0.231. The molecule has 0 saturated heterocycles. The van der Waals surface area contributed by atoms with Crippen LogP contribution in [0.3, 0.4) is 0 Å². The summed E-state index contributed by atoms with van der Waals surface area (Å²) in [5.74, 6) is -1.16. The van der Waals surface area contributed by atoms with Crippen molar-refractivity contribution in [1.82, 2.24) is 0 Å². The Bertz CT molecular complexity index is 432. The first-order chi connectivity index (χ1) is 7.99. The molecule has 0 aliphatic heterocycles. The predicted octanol–water partition coefficient (Wildman–Crippen LogP) is 2.39. The standard InChI is InChI=1S/C13H15NO3/c1-9(2)10-3-5-11(6-4-10)14-12(15)7-8-13(16)17/h3-9H,1-2H3,(H,14,15)(H,16,17). The summed E-state index contributed by atoms with van der Waals surface area (Å²) < 4.78 is 0. The third-order valence-electron chi connectivity index (χ3n) is 2.22. The van der Waals surface area contributed by atoms with E-state index in [-0.39, 0.29) is 0 Å². The minimum absolute atomic E-state index is 0.437. The molecule has 0 aliphatic carbocycles. The second-order valence-electron chi connectivity index (χ2n) is 3.94. The van der Waals surface area contributed by atoms with E-state index in [1.807, 2.05) is 12.1 Å². The molecule has 0 bridgehead atoms. The lowest BCUT2D eigenvalue weighted by atomic mass is 10.0. The fourth-order valence-corrected chi connectivity index (χ4v) is 1.28. The average molecular weight is 233 g/mol.